The van der Waals surface area contributed by atoms with Crippen molar-refractivity contribution in [2.24, 2.45) is 17.3 Å². The summed E-state index contributed by atoms with van der Waals surface area (Å²) in [4.78, 5) is 0. The monoisotopic (exact) mass is 266 g/mol. The maximum atomic E-state index is 3.81. The first-order valence-corrected chi connectivity index (χ1v) is 8.55. The van der Waals surface area contributed by atoms with Crippen molar-refractivity contribution in [3.63, 3.8) is 0 Å². The Bertz CT molecular complexity index is 256. The molecule has 2 unspecified atom stereocenters. The highest BCUT2D eigenvalue weighted by atomic mass is 15.0. The molecular weight excluding hydrogens is 232 g/mol. The van der Waals surface area contributed by atoms with Crippen LogP contribution in [0.2, 0.25) is 0 Å². The van der Waals surface area contributed by atoms with Gasteiger partial charge in [0.05, 0.1) is 0 Å². The summed E-state index contributed by atoms with van der Waals surface area (Å²) < 4.78 is 0. The molecule has 0 aromatic rings. The van der Waals surface area contributed by atoms with Crippen molar-refractivity contribution in [1.82, 2.24) is 10.6 Å². The molecule has 2 fully saturated rings. The van der Waals surface area contributed by atoms with Gasteiger partial charge in [0, 0.05) is 19.1 Å². The van der Waals surface area contributed by atoms with Crippen molar-refractivity contribution in [3.05, 3.63) is 0 Å². The minimum absolute atomic E-state index is 0.617. The zero-order chi connectivity index (χ0) is 13.7. The van der Waals surface area contributed by atoms with Crippen LogP contribution in [0.5, 0.6) is 0 Å². The Morgan fingerprint density at radius 1 is 1.21 bits per heavy atom. The van der Waals surface area contributed by atoms with E-state index in [-0.39, 0.29) is 0 Å². The van der Waals surface area contributed by atoms with E-state index in [1.54, 1.807) is 0 Å². The Morgan fingerprint density at radius 2 is 1.95 bits per heavy atom. The van der Waals surface area contributed by atoms with E-state index in [0.717, 1.165) is 11.8 Å². The first-order chi connectivity index (χ1) is 9.11. The van der Waals surface area contributed by atoms with Crippen LogP contribution in [0.25, 0.3) is 0 Å². The van der Waals surface area contributed by atoms with E-state index in [0.29, 0.717) is 11.5 Å². The smallest absolute Gasteiger partial charge is 0.0218 e. The van der Waals surface area contributed by atoms with Crippen molar-refractivity contribution < 1.29 is 0 Å². The fourth-order valence-corrected chi connectivity index (χ4v) is 4.32. The average Bonchev–Trinajstić information content (AvgIpc) is 2.79. The first-order valence-electron chi connectivity index (χ1n) is 8.55. The molecule has 0 spiro atoms. The molecule has 112 valence electrons. The number of piperidine rings is 1. The Morgan fingerprint density at radius 3 is 2.58 bits per heavy atom. The van der Waals surface area contributed by atoms with E-state index in [2.05, 4.69) is 31.4 Å². The normalized spacial score (nSPS) is 30.9. The van der Waals surface area contributed by atoms with Gasteiger partial charge in [-0.15, -0.1) is 0 Å². The third-order valence-corrected chi connectivity index (χ3v) is 5.30. The standard InChI is InChI=1S/C17H34N2/c1-14(2)11-17(8-4-5-9-17)13-18-12-16-15(3)7-6-10-19-16/h14-16,18-19H,4-13H2,1-3H3. The topological polar surface area (TPSA) is 24.1 Å². The van der Waals surface area contributed by atoms with Gasteiger partial charge >= 0.3 is 0 Å². The summed E-state index contributed by atoms with van der Waals surface area (Å²) in [6.45, 7) is 10.8. The van der Waals surface area contributed by atoms with Gasteiger partial charge in [0.15, 0.2) is 0 Å². The molecule has 0 bridgehead atoms. The highest BCUT2D eigenvalue weighted by Crippen LogP contribution is 2.42. The van der Waals surface area contributed by atoms with Crippen molar-refractivity contribution in [3.8, 4) is 0 Å². The summed E-state index contributed by atoms with van der Waals surface area (Å²) in [6, 6.07) is 0.700. The van der Waals surface area contributed by atoms with Gasteiger partial charge in [-0.2, -0.15) is 0 Å². The van der Waals surface area contributed by atoms with E-state index in [1.807, 2.05) is 0 Å². The molecule has 2 nitrogen and oxygen atoms in total. The van der Waals surface area contributed by atoms with E-state index in [4.69, 9.17) is 0 Å². The van der Waals surface area contributed by atoms with Gasteiger partial charge in [-0.25, -0.2) is 0 Å². The predicted octanol–water partition coefficient (Wildman–Crippen LogP) is 3.57. The van der Waals surface area contributed by atoms with Crippen LogP contribution in [0.3, 0.4) is 0 Å². The molecule has 2 rings (SSSR count). The number of rotatable bonds is 6. The summed E-state index contributed by atoms with van der Waals surface area (Å²) in [5.74, 6) is 1.68. The highest BCUT2D eigenvalue weighted by Gasteiger charge is 2.34. The average molecular weight is 266 g/mol. The zero-order valence-corrected chi connectivity index (χ0v) is 13.3. The van der Waals surface area contributed by atoms with Crippen molar-refractivity contribution in [1.29, 1.82) is 0 Å². The van der Waals surface area contributed by atoms with E-state index in [9.17, 15) is 0 Å². The third-order valence-electron chi connectivity index (χ3n) is 5.30. The second kappa shape index (κ2) is 7.08. The fraction of sp³-hybridized carbons (Fsp3) is 1.00. The van der Waals surface area contributed by atoms with Crippen molar-refractivity contribution in [2.45, 2.75) is 71.8 Å². The van der Waals surface area contributed by atoms with Gasteiger partial charge in [-0.3, -0.25) is 0 Å². The van der Waals surface area contributed by atoms with Crippen LogP contribution in [0.1, 0.15) is 65.7 Å². The van der Waals surface area contributed by atoms with Crippen molar-refractivity contribution in [2.75, 3.05) is 19.6 Å². The summed E-state index contributed by atoms with van der Waals surface area (Å²) in [7, 11) is 0. The van der Waals surface area contributed by atoms with Gasteiger partial charge in [-0.05, 0) is 55.9 Å². The van der Waals surface area contributed by atoms with Gasteiger partial charge in [0.25, 0.3) is 0 Å². The van der Waals surface area contributed by atoms with Crippen LogP contribution in [-0.2, 0) is 0 Å². The third kappa shape index (κ3) is 4.46. The Hall–Kier alpha value is -0.0800. The van der Waals surface area contributed by atoms with Crippen molar-refractivity contribution >= 4 is 0 Å². The molecule has 1 heterocycles. The lowest BCUT2D eigenvalue weighted by atomic mass is 9.78. The molecule has 0 aromatic carbocycles. The fourth-order valence-electron chi connectivity index (χ4n) is 4.32. The summed E-state index contributed by atoms with van der Waals surface area (Å²) >= 11 is 0. The minimum atomic E-state index is 0.617. The van der Waals surface area contributed by atoms with E-state index in [1.165, 1.54) is 64.6 Å². The molecule has 2 aliphatic rings. The van der Waals surface area contributed by atoms with Gasteiger partial charge in [-0.1, -0.05) is 33.6 Å². The SMILES string of the molecule is CC(C)CC1(CNCC2NCCCC2C)CCCC1. The van der Waals surface area contributed by atoms with Crippen LogP contribution < -0.4 is 10.6 Å². The van der Waals surface area contributed by atoms with Crippen LogP contribution in [0.4, 0.5) is 0 Å². The first kappa shape index (κ1) is 15.3. The van der Waals surface area contributed by atoms with Crippen LogP contribution in [0, 0.1) is 17.3 Å². The lowest BCUT2D eigenvalue weighted by Gasteiger charge is -2.34. The molecule has 1 saturated heterocycles. The maximum Gasteiger partial charge on any atom is 0.0218 e. The van der Waals surface area contributed by atoms with Gasteiger partial charge in [0.1, 0.15) is 0 Å². The summed E-state index contributed by atoms with van der Waals surface area (Å²) in [5.41, 5.74) is 0.617. The van der Waals surface area contributed by atoms with E-state index >= 15 is 0 Å². The largest absolute Gasteiger partial charge is 0.315 e. The Labute approximate surface area is 120 Å². The highest BCUT2D eigenvalue weighted by molar-refractivity contribution is 4.89. The summed E-state index contributed by atoms with van der Waals surface area (Å²) in [5, 5.41) is 7.50. The number of hydrogen-bond acceptors (Lipinski definition) is 2. The van der Waals surface area contributed by atoms with Crippen LogP contribution >= 0.6 is 0 Å². The van der Waals surface area contributed by atoms with Gasteiger partial charge < -0.3 is 10.6 Å². The molecule has 1 saturated carbocycles. The Balaban J connectivity index is 1.76. The number of hydrogen-bond donors (Lipinski definition) is 2. The molecule has 19 heavy (non-hydrogen) atoms. The van der Waals surface area contributed by atoms with Crippen LogP contribution in [-0.4, -0.2) is 25.7 Å². The van der Waals surface area contributed by atoms with E-state index < -0.39 is 0 Å². The zero-order valence-electron chi connectivity index (χ0n) is 13.3. The molecule has 1 aliphatic heterocycles. The quantitative estimate of drug-likeness (QED) is 0.768. The maximum absolute atomic E-state index is 3.81. The van der Waals surface area contributed by atoms with Crippen LogP contribution in [0.15, 0.2) is 0 Å². The Kier molecular flexibility index (Phi) is 5.70. The molecule has 0 radical (unpaired) electrons. The molecule has 2 heteroatoms. The van der Waals surface area contributed by atoms with Gasteiger partial charge in [0.2, 0.25) is 0 Å². The lowest BCUT2D eigenvalue weighted by Crippen LogP contribution is -2.48. The predicted molar refractivity (Wildman–Crippen MR) is 83.4 cm³/mol. The molecule has 2 atom stereocenters. The molecule has 1 aliphatic carbocycles. The molecule has 0 amide bonds. The lowest BCUT2D eigenvalue weighted by molar-refractivity contribution is 0.211. The molecule has 2 N–H and O–H groups in total. The molecular formula is C17H34N2. The second-order valence-electron chi connectivity index (χ2n) is 7.62. The summed E-state index contributed by atoms with van der Waals surface area (Å²) in [6.07, 6.45) is 9.97. The minimum Gasteiger partial charge on any atom is -0.315 e. The molecule has 0 aromatic heterocycles. The number of nitrogens with one attached hydrogen (secondary N) is 2. The second-order valence-corrected chi connectivity index (χ2v) is 7.62.